The molecule has 0 spiro atoms. The Labute approximate surface area is 202 Å². The van der Waals surface area contributed by atoms with Crippen molar-refractivity contribution in [2.24, 2.45) is 5.92 Å². The van der Waals surface area contributed by atoms with Crippen LogP contribution in [0, 0.1) is 19.8 Å². The molecule has 3 aromatic heterocycles. The number of imidazole rings is 1. The minimum Gasteiger partial charge on any atom is -0.496 e. The average molecular weight is 483 g/mol. The van der Waals surface area contributed by atoms with Gasteiger partial charge in [0.15, 0.2) is 5.82 Å². The molecule has 0 saturated carbocycles. The summed E-state index contributed by atoms with van der Waals surface area (Å²) in [5.74, 6) is 2.47. The highest BCUT2D eigenvalue weighted by Crippen LogP contribution is 2.41. The van der Waals surface area contributed by atoms with Crippen LogP contribution in [0.15, 0.2) is 12.4 Å². The summed E-state index contributed by atoms with van der Waals surface area (Å²) in [6.07, 6.45) is 5.04. The summed E-state index contributed by atoms with van der Waals surface area (Å²) in [4.78, 5) is 35.5. The van der Waals surface area contributed by atoms with Gasteiger partial charge in [-0.1, -0.05) is 25.4 Å². The number of rotatable bonds is 7. The molecule has 1 aliphatic rings. The van der Waals surface area contributed by atoms with Crippen molar-refractivity contribution in [1.82, 2.24) is 24.9 Å². The summed E-state index contributed by atoms with van der Waals surface area (Å²) in [6, 6.07) is 0. The summed E-state index contributed by atoms with van der Waals surface area (Å²) in [5.41, 5.74) is 9.02. The molecule has 1 amide bonds. The predicted molar refractivity (Wildman–Crippen MR) is 133 cm³/mol. The molecule has 0 unspecified atom stereocenters. The fourth-order valence-electron chi connectivity index (χ4n) is 3.83. The summed E-state index contributed by atoms with van der Waals surface area (Å²) in [6.45, 7) is 9.01. The molecule has 1 aliphatic heterocycles. The number of hydrogen-bond acceptors (Lipinski definition) is 8. The van der Waals surface area contributed by atoms with Gasteiger partial charge in [0.2, 0.25) is 5.95 Å². The zero-order valence-corrected chi connectivity index (χ0v) is 20.5. The highest BCUT2D eigenvalue weighted by Gasteiger charge is 2.37. The number of aromatic nitrogens is 5. The van der Waals surface area contributed by atoms with E-state index in [1.165, 1.54) is 4.90 Å². The van der Waals surface area contributed by atoms with E-state index in [0.29, 0.717) is 34.4 Å². The molecule has 178 valence electrons. The average Bonchev–Trinajstić information content (AvgIpc) is 3.32. The van der Waals surface area contributed by atoms with Gasteiger partial charge >= 0.3 is 0 Å². The Morgan fingerprint density at radius 1 is 1.26 bits per heavy atom. The number of nitrogens with zero attached hydrogens (tertiary/aromatic N) is 5. The van der Waals surface area contributed by atoms with Crippen LogP contribution in [-0.2, 0) is 11.3 Å². The van der Waals surface area contributed by atoms with Crippen LogP contribution in [-0.4, -0.2) is 44.5 Å². The first-order chi connectivity index (χ1) is 16.2. The van der Waals surface area contributed by atoms with Crippen molar-refractivity contribution in [3.05, 3.63) is 45.8 Å². The molecule has 10 nitrogen and oxygen atoms in total. The van der Waals surface area contributed by atoms with Gasteiger partial charge in [0.25, 0.3) is 5.91 Å². The molecule has 3 aromatic rings. The molecule has 4 heterocycles. The maximum atomic E-state index is 13.6. The fraction of sp³-hybridized carbons (Fsp3) is 0.348. The van der Waals surface area contributed by atoms with Crippen LogP contribution in [0.3, 0.4) is 0 Å². The van der Waals surface area contributed by atoms with E-state index in [0.717, 1.165) is 29.2 Å². The van der Waals surface area contributed by atoms with Crippen molar-refractivity contribution in [3.63, 3.8) is 0 Å². The van der Waals surface area contributed by atoms with Crippen LogP contribution in [0.25, 0.3) is 11.6 Å². The quantitative estimate of drug-likeness (QED) is 0.343. The third-order valence-corrected chi connectivity index (χ3v) is 5.77. The number of amides is 1. The lowest BCUT2D eigenvalue weighted by Gasteiger charge is -2.19. The molecule has 0 bridgehead atoms. The van der Waals surface area contributed by atoms with E-state index in [4.69, 9.17) is 22.1 Å². The zero-order valence-electron chi connectivity index (χ0n) is 19.7. The van der Waals surface area contributed by atoms with E-state index in [1.54, 1.807) is 25.6 Å². The highest BCUT2D eigenvalue weighted by atomic mass is 35.5. The second-order valence-corrected chi connectivity index (χ2v) is 8.88. The van der Waals surface area contributed by atoms with Gasteiger partial charge in [0.1, 0.15) is 22.5 Å². The number of anilines is 3. The zero-order chi connectivity index (χ0) is 24.6. The maximum Gasteiger partial charge on any atom is 0.260 e. The highest BCUT2D eigenvalue weighted by molar-refractivity contribution is 6.41. The number of pyridine rings is 1. The van der Waals surface area contributed by atoms with Gasteiger partial charge in [-0.25, -0.2) is 9.97 Å². The van der Waals surface area contributed by atoms with Crippen LogP contribution in [0.4, 0.5) is 17.6 Å². The van der Waals surface area contributed by atoms with Gasteiger partial charge in [-0.2, -0.15) is 4.98 Å². The van der Waals surface area contributed by atoms with Gasteiger partial charge in [-0.15, -0.1) is 0 Å². The van der Waals surface area contributed by atoms with Crippen molar-refractivity contribution in [3.8, 4) is 5.75 Å². The Bertz CT molecular complexity index is 1280. The first-order valence-corrected chi connectivity index (χ1v) is 11.2. The molecule has 0 fully saturated rings. The van der Waals surface area contributed by atoms with Gasteiger partial charge < -0.3 is 20.8 Å². The Morgan fingerprint density at radius 2 is 2.03 bits per heavy atom. The maximum absolute atomic E-state index is 13.6. The van der Waals surface area contributed by atoms with Crippen molar-refractivity contribution in [2.45, 2.75) is 34.2 Å². The molecule has 4 N–H and O–H groups in total. The summed E-state index contributed by atoms with van der Waals surface area (Å²) in [5, 5.41) is 3.37. The molecule has 34 heavy (non-hydrogen) atoms. The van der Waals surface area contributed by atoms with Crippen molar-refractivity contribution in [2.75, 3.05) is 29.6 Å². The minimum absolute atomic E-state index is 0.0212. The smallest absolute Gasteiger partial charge is 0.260 e. The lowest BCUT2D eigenvalue weighted by molar-refractivity contribution is -0.113. The number of halogens is 1. The number of H-pyrrole nitrogens is 1. The van der Waals surface area contributed by atoms with Gasteiger partial charge in [-0.3, -0.25) is 14.7 Å². The fourth-order valence-corrected chi connectivity index (χ4v) is 4.10. The third kappa shape index (κ3) is 4.41. The lowest BCUT2D eigenvalue weighted by atomic mass is 10.1. The number of carbonyl (C=O) groups excluding carboxylic acids is 1. The largest absolute Gasteiger partial charge is 0.496 e. The minimum atomic E-state index is -0.300. The SMILES string of the molecule is COc1c(C)cnc(CN2C(=O)/C(=C\c3ncc(NCC(C)C)[nH]3)c3c(Cl)nc(N)nc32)c1C. The van der Waals surface area contributed by atoms with Crippen LogP contribution in [0.1, 0.15) is 42.1 Å². The van der Waals surface area contributed by atoms with Crippen LogP contribution < -0.4 is 20.7 Å². The number of methoxy groups -OCH3 is 1. The van der Waals surface area contributed by atoms with E-state index in [2.05, 4.69) is 44.1 Å². The molecule has 0 atom stereocenters. The number of hydrogen-bond donors (Lipinski definition) is 3. The van der Waals surface area contributed by atoms with E-state index >= 15 is 0 Å². The van der Waals surface area contributed by atoms with E-state index < -0.39 is 0 Å². The Morgan fingerprint density at radius 3 is 2.74 bits per heavy atom. The number of carbonyl (C=O) groups is 1. The Kier molecular flexibility index (Phi) is 6.43. The Hall–Kier alpha value is -3.66. The lowest BCUT2D eigenvalue weighted by Crippen LogP contribution is -2.27. The summed E-state index contributed by atoms with van der Waals surface area (Å²) >= 11 is 6.43. The first kappa shape index (κ1) is 23.5. The number of nitrogen functional groups attached to an aromatic ring is 1. The van der Waals surface area contributed by atoms with Crippen molar-refractivity contribution >= 4 is 46.7 Å². The number of aromatic amines is 1. The third-order valence-electron chi connectivity index (χ3n) is 5.50. The number of nitrogens with one attached hydrogen (secondary N) is 2. The standard InChI is InChI=1S/C23H27ClN8O2/c1-11(2)7-27-17-9-28-16(29-17)6-14-18-20(24)30-23(25)31-21(18)32(22(14)33)10-15-13(4)19(34-5)12(3)8-26-15/h6,8-9,11,27H,7,10H2,1-5H3,(H,28,29)(H2,25,30,31)/b14-6-. The second-order valence-electron chi connectivity index (χ2n) is 8.52. The normalized spacial score (nSPS) is 14.3. The number of ether oxygens (including phenoxy) is 1. The monoisotopic (exact) mass is 482 g/mol. The predicted octanol–water partition coefficient (Wildman–Crippen LogP) is 3.61. The molecule has 0 aromatic carbocycles. The number of aryl methyl sites for hydroxylation is 1. The molecule has 0 aliphatic carbocycles. The van der Waals surface area contributed by atoms with Crippen molar-refractivity contribution < 1.29 is 9.53 Å². The van der Waals surface area contributed by atoms with E-state index in [9.17, 15) is 4.79 Å². The molecule has 0 saturated heterocycles. The second kappa shape index (κ2) is 9.30. The summed E-state index contributed by atoms with van der Waals surface area (Å²) in [7, 11) is 1.61. The van der Waals surface area contributed by atoms with Crippen molar-refractivity contribution in [1.29, 1.82) is 0 Å². The van der Waals surface area contributed by atoms with Crippen LogP contribution in [0.2, 0.25) is 5.15 Å². The molecule has 0 radical (unpaired) electrons. The van der Waals surface area contributed by atoms with Gasteiger partial charge in [0, 0.05) is 23.9 Å². The summed E-state index contributed by atoms with van der Waals surface area (Å²) < 4.78 is 5.51. The molecular weight excluding hydrogens is 456 g/mol. The van der Waals surface area contributed by atoms with Gasteiger partial charge in [0.05, 0.1) is 36.7 Å². The number of nitrogens with two attached hydrogens (primary N) is 1. The van der Waals surface area contributed by atoms with Gasteiger partial charge in [-0.05, 0) is 25.8 Å². The molecular formula is C23H27ClN8O2. The van der Waals surface area contributed by atoms with Crippen LogP contribution >= 0.6 is 11.6 Å². The Balaban J connectivity index is 1.73. The van der Waals surface area contributed by atoms with E-state index in [1.807, 2.05) is 13.8 Å². The molecule has 4 rings (SSSR count). The molecule has 11 heteroatoms. The van der Waals surface area contributed by atoms with E-state index in [-0.39, 0.29) is 23.6 Å². The van der Waals surface area contributed by atoms with Crippen LogP contribution in [0.5, 0.6) is 5.75 Å². The number of fused-ring (bicyclic) bond motifs is 1. The topological polar surface area (TPSA) is 135 Å². The first-order valence-electron chi connectivity index (χ1n) is 10.8.